The molecule has 1 unspecified atom stereocenters. The van der Waals surface area contributed by atoms with Gasteiger partial charge in [-0.1, -0.05) is 44.6 Å². The highest BCUT2D eigenvalue weighted by molar-refractivity contribution is 5.33. The molecule has 1 aliphatic carbocycles. The van der Waals surface area contributed by atoms with E-state index in [4.69, 9.17) is 0 Å². The monoisotopic (exact) mass is 204 g/mol. The predicted molar refractivity (Wildman–Crippen MR) is 68.8 cm³/mol. The molecule has 0 spiro atoms. The highest BCUT2D eigenvalue weighted by atomic mass is 14.3. The highest BCUT2D eigenvalue weighted by Gasteiger charge is 2.26. The predicted octanol–water partition coefficient (Wildman–Crippen LogP) is 4.89. The first-order valence-electron chi connectivity index (χ1n) is 5.98. The fraction of sp³-hybridized carbons (Fsp3) is 0.600. The SMILES string of the molecule is C=CC(C)/C=C/C1=C(C)CCCC1(C)C. The Morgan fingerprint density at radius 1 is 1.40 bits per heavy atom. The Hall–Kier alpha value is -0.780. The van der Waals surface area contributed by atoms with Gasteiger partial charge in [0.1, 0.15) is 0 Å². The molecule has 0 N–H and O–H groups in total. The molecule has 0 aromatic rings. The van der Waals surface area contributed by atoms with Crippen LogP contribution in [0.25, 0.3) is 0 Å². The van der Waals surface area contributed by atoms with E-state index in [2.05, 4.69) is 46.4 Å². The Kier molecular flexibility index (Phi) is 3.96. The zero-order valence-electron chi connectivity index (χ0n) is 10.6. The number of allylic oxidation sites excluding steroid dienone is 5. The Balaban J connectivity index is 2.89. The third kappa shape index (κ3) is 3.09. The zero-order chi connectivity index (χ0) is 11.5. The van der Waals surface area contributed by atoms with Gasteiger partial charge in [-0.25, -0.2) is 0 Å². The maximum absolute atomic E-state index is 3.81. The smallest absolute Gasteiger partial charge is 0.00813 e. The molecule has 0 saturated carbocycles. The molecule has 1 rings (SSSR count). The van der Waals surface area contributed by atoms with Crippen molar-refractivity contribution in [1.82, 2.24) is 0 Å². The van der Waals surface area contributed by atoms with E-state index < -0.39 is 0 Å². The summed E-state index contributed by atoms with van der Waals surface area (Å²) >= 11 is 0. The van der Waals surface area contributed by atoms with Crippen molar-refractivity contribution < 1.29 is 0 Å². The van der Waals surface area contributed by atoms with Gasteiger partial charge in [0.15, 0.2) is 0 Å². The minimum Gasteiger partial charge on any atom is -0.102 e. The summed E-state index contributed by atoms with van der Waals surface area (Å²) < 4.78 is 0. The van der Waals surface area contributed by atoms with Crippen molar-refractivity contribution in [2.24, 2.45) is 11.3 Å². The topological polar surface area (TPSA) is 0 Å². The molecule has 0 saturated heterocycles. The van der Waals surface area contributed by atoms with Crippen LogP contribution in [0, 0.1) is 11.3 Å². The van der Waals surface area contributed by atoms with Crippen LogP contribution in [0.4, 0.5) is 0 Å². The van der Waals surface area contributed by atoms with E-state index in [-0.39, 0.29) is 0 Å². The second-order valence-electron chi connectivity index (χ2n) is 5.39. The van der Waals surface area contributed by atoms with Crippen LogP contribution >= 0.6 is 0 Å². The molecule has 15 heavy (non-hydrogen) atoms. The van der Waals surface area contributed by atoms with Crippen LogP contribution in [-0.4, -0.2) is 0 Å². The summed E-state index contributed by atoms with van der Waals surface area (Å²) in [6.45, 7) is 13.0. The Morgan fingerprint density at radius 3 is 2.60 bits per heavy atom. The van der Waals surface area contributed by atoms with E-state index in [0.717, 1.165) is 0 Å². The van der Waals surface area contributed by atoms with Crippen molar-refractivity contribution in [2.75, 3.05) is 0 Å². The van der Waals surface area contributed by atoms with Gasteiger partial charge in [0.2, 0.25) is 0 Å². The van der Waals surface area contributed by atoms with Crippen LogP contribution in [0.1, 0.15) is 47.0 Å². The van der Waals surface area contributed by atoms with Crippen LogP contribution in [0.2, 0.25) is 0 Å². The van der Waals surface area contributed by atoms with Gasteiger partial charge in [-0.05, 0) is 43.1 Å². The minimum atomic E-state index is 0.361. The molecule has 0 fully saturated rings. The number of rotatable bonds is 3. The summed E-state index contributed by atoms with van der Waals surface area (Å²) in [5, 5.41) is 0. The van der Waals surface area contributed by atoms with Gasteiger partial charge in [-0.2, -0.15) is 0 Å². The minimum absolute atomic E-state index is 0.361. The van der Waals surface area contributed by atoms with Gasteiger partial charge in [-0.15, -0.1) is 6.58 Å². The normalized spacial score (nSPS) is 23.2. The van der Waals surface area contributed by atoms with Gasteiger partial charge in [-0.3, -0.25) is 0 Å². The third-order valence-electron chi connectivity index (χ3n) is 3.48. The fourth-order valence-electron chi connectivity index (χ4n) is 2.34. The van der Waals surface area contributed by atoms with Crippen molar-refractivity contribution in [3.05, 3.63) is 36.0 Å². The first-order valence-corrected chi connectivity index (χ1v) is 5.98. The molecule has 0 heteroatoms. The molecule has 1 aliphatic rings. The van der Waals surface area contributed by atoms with E-state index in [1.807, 2.05) is 6.08 Å². The van der Waals surface area contributed by atoms with Crippen molar-refractivity contribution >= 4 is 0 Å². The molecule has 0 nitrogen and oxygen atoms in total. The molecular formula is C15H24. The first kappa shape index (κ1) is 12.3. The maximum atomic E-state index is 3.81. The summed E-state index contributed by atoms with van der Waals surface area (Å²) in [5.74, 6) is 0.475. The molecule has 84 valence electrons. The van der Waals surface area contributed by atoms with Crippen LogP contribution in [0.5, 0.6) is 0 Å². The average Bonchev–Trinajstić information content (AvgIpc) is 2.15. The molecule has 0 aromatic heterocycles. The molecule has 0 aliphatic heterocycles. The van der Waals surface area contributed by atoms with Crippen molar-refractivity contribution in [2.45, 2.75) is 47.0 Å². The molecule has 1 atom stereocenters. The standard InChI is InChI=1S/C15H24/c1-6-12(2)9-10-14-13(3)8-7-11-15(14,4)5/h6,9-10,12H,1,7-8,11H2,2-5H3/b10-9+. The summed E-state index contributed by atoms with van der Waals surface area (Å²) in [4.78, 5) is 0. The fourth-order valence-corrected chi connectivity index (χ4v) is 2.34. The van der Waals surface area contributed by atoms with Gasteiger partial charge in [0.05, 0.1) is 0 Å². The van der Waals surface area contributed by atoms with Crippen molar-refractivity contribution in [3.8, 4) is 0 Å². The summed E-state index contributed by atoms with van der Waals surface area (Å²) in [7, 11) is 0. The Morgan fingerprint density at radius 2 is 2.07 bits per heavy atom. The van der Waals surface area contributed by atoms with Gasteiger partial charge in [0, 0.05) is 0 Å². The number of hydrogen-bond donors (Lipinski definition) is 0. The van der Waals surface area contributed by atoms with Gasteiger partial charge < -0.3 is 0 Å². The summed E-state index contributed by atoms with van der Waals surface area (Å²) in [6, 6.07) is 0. The van der Waals surface area contributed by atoms with Gasteiger partial charge in [0.25, 0.3) is 0 Å². The van der Waals surface area contributed by atoms with Crippen LogP contribution in [0.15, 0.2) is 36.0 Å². The molecule has 0 radical (unpaired) electrons. The van der Waals surface area contributed by atoms with Crippen molar-refractivity contribution in [1.29, 1.82) is 0 Å². The second-order valence-corrected chi connectivity index (χ2v) is 5.39. The van der Waals surface area contributed by atoms with E-state index in [9.17, 15) is 0 Å². The average molecular weight is 204 g/mol. The van der Waals surface area contributed by atoms with E-state index >= 15 is 0 Å². The van der Waals surface area contributed by atoms with Crippen molar-refractivity contribution in [3.63, 3.8) is 0 Å². The van der Waals surface area contributed by atoms with Gasteiger partial charge >= 0.3 is 0 Å². The van der Waals surface area contributed by atoms with E-state index in [0.29, 0.717) is 11.3 Å². The first-order chi connectivity index (χ1) is 6.97. The Bertz CT molecular complexity index is 289. The van der Waals surface area contributed by atoms with E-state index in [1.165, 1.54) is 19.3 Å². The lowest BCUT2D eigenvalue weighted by molar-refractivity contribution is 0.376. The lowest BCUT2D eigenvalue weighted by Gasteiger charge is -2.33. The maximum Gasteiger partial charge on any atom is -0.00813 e. The molecule has 0 heterocycles. The molecule has 0 bridgehead atoms. The lowest BCUT2D eigenvalue weighted by Crippen LogP contribution is -2.19. The van der Waals surface area contributed by atoms with E-state index in [1.54, 1.807) is 11.1 Å². The zero-order valence-corrected chi connectivity index (χ0v) is 10.6. The molecule has 0 amide bonds. The third-order valence-corrected chi connectivity index (χ3v) is 3.48. The largest absolute Gasteiger partial charge is 0.102 e. The molecule has 0 aromatic carbocycles. The Labute approximate surface area is 94.8 Å². The quantitative estimate of drug-likeness (QED) is 0.574. The lowest BCUT2D eigenvalue weighted by atomic mass is 9.72. The summed E-state index contributed by atoms with van der Waals surface area (Å²) in [6.07, 6.45) is 10.5. The van der Waals surface area contributed by atoms with Crippen LogP contribution < -0.4 is 0 Å². The number of hydrogen-bond acceptors (Lipinski definition) is 0. The van der Waals surface area contributed by atoms with Crippen LogP contribution in [0.3, 0.4) is 0 Å². The highest BCUT2D eigenvalue weighted by Crippen LogP contribution is 2.40. The second kappa shape index (κ2) is 4.83. The molecular weight excluding hydrogens is 180 g/mol. The summed E-state index contributed by atoms with van der Waals surface area (Å²) in [5.41, 5.74) is 3.47. The van der Waals surface area contributed by atoms with Crippen LogP contribution in [-0.2, 0) is 0 Å².